The molecular formula is C13H21NO3S2. The summed E-state index contributed by atoms with van der Waals surface area (Å²) in [4.78, 5) is 0. The molecule has 19 heavy (non-hydrogen) atoms. The van der Waals surface area contributed by atoms with E-state index in [0.29, 0.717) is 23.2 Å². The molecule has 0 spiro atoms. The molecule has 4 nitrogen and oxygen atoms in total. The van der Waals surface area contributed by atoms with E-state index >= 15 is 0 Å². The highest BCUT2D eigenvalue weighted by molar-refractivity contribution is 7.91. The predicted molar refractivity (Wildman–Crippen MR) is 76.9 cm³/mol. The molecule has 1 N–H and O–H groups in total. The largest absolute Gasteiger partial charge is 0.396 e. The van der Waals surface area contributed by atoms with Crippen molar-refractivity contribution in [3.63, 3.8) is 0 Å². The standard InChI is InChI=1S/C13H21NO3S2/c1-11-6-10-18-13(11)19(16,17)14-7-2-3-12(4-8-14)5-9-15/h6,10,12,15H,2-5,7-9H2,1H3/t12-/m0/s1. The highest BCUT2D eigenvalue weighted by Gasteiger charge is 2.29. The predicted octanol–water partition coefficient (Wildman–Crippen LogP) is 2.23. The molecule has 0 bridgehead atoms. The second-order valence-electron chi connectivity index (χ2n) is 5.10. The zero-order valence-electron chi connectivity index (χ0n) is 11.2. The van der Waals surface area contributed by atoms with Gasteiger partial charge in [0.2, 0.25) is 0 Å². The maximum absolute atomic E-state index is 12.6. The van der Waals surface area contributed by atoms with Crippen molar-refractivity contribution in [2.24, 2.45) is 5.92 Å². The Morgan fingerprint density at radius 1 is 1.42 bits per heavy atom. The van der Waals surface area contributed by atoms with Crippen LogP contribution in [-0.4, -0.2) is 37.5 Å². The minimum atomic E-state index is -3.32. The van der Waals surface area contributed by atoms with Crippen molar-refractivity contribution in [3.8, 4) is 0 Å². The van der Waals surface area contributed by atoms with E-state index in [4.69, 9.17) is 5.11 Å². The molecule has 0 aliphatic carbocycles. The molecule has 1 aromatic rings. The van der Waals surface area contributed by atoms with Crippen molar-refractivity contribution in [1.82, 2.24) is 4.31 Å². The van der Waals surface area contributed by atoms with Crippen molar-refractivity contribution >= 4 is 21.4 Å². The van der Waals surface area contributed by atoms with Crippen LogP contribution in [0.15, 0.2) is 15.7 Å². The number of aliphatic hydroxyl groups excluding tert-OH is 1. The fourth-order valence-electron chi connectivity index (χ4n) is 2.59. The summed E-state index contributed by atoms with van der Waals surface area (Å²) in [6, 6.07) is 1.85. The molecule has 0 aromatic carbocycles. The minimum absolute atomic E-state index is 0.196. The number of rotatable bonds is 4. The van der Waals surface area contributed by atoms with Gasteiger partial charge in [0.25, 0.3) is 10.0 Å². The van der Waals surface area contributed by atoms with E-state index in [-0.39, 0.29) is 6.61 Å². The average molecular weight is 303 g/mol. The average Bonchev–Trinajstić information content (AvgIpc) is 2.66. The Morgan fingerprint density at radius 3 is 2.84 bits per heavy atom. The van der Waals surface area contributed by atoms with Gasteiger partial charge in [0.05, 0.1) is 0 Å². The van der Waals surface area contributed by atoms with Crippen LogP contribution in [-0.2, 0) is 10.0 Å². The van der Waals surface area contributed by atoms with Crippen LogP contribution in [0.4, 0.5) is 0 Å². The third-order valence-electron chi connectivity index (χ3n) is 3.73. The van der Waals surface area contributed by atoms with Crippen molar-refractivity contribution in [1.29, 1.82) is 0 Å². The highest BCUT2D eigenvalue weighted by Crippen LogP contribution is 2.29. The molecule has 1 saturated heterocycles. The number of aryl methyl sites for hydroxylation is 1. The molecule has 0 saturated carbocycles. The van der Waals surface area contributed by atoms with Crippen molar-refractivity contribution in [2.45, 2.75) is 36.8 Å². The van der Waals surface area contributed by atoms with Crippen LogP contribution in [0.25, 0.3) is 0 Å². The molecule has 1 atom stereocenters. The van der Waals surface area contributed by atoms with Gasteiger partial charge in [-0.15, -0.1) is 11.3 Å². The maximum atomic E-state index is 12.6. The first-order chi connectivity index (χ1) is 9.05. The van der Waals surface area contributed by atoms with Gasteiger partial charge in [-0.3, -0.25) is 0 Å². The first kappa shape index (κ1) is 15.0. The topological polar surface area (TPSA) is 57.6 Å². The van der Waals surface area contributed by atoms with Gasteiger partial charge in [-0.05, 0) is 55.5 Å². The van der Waals surface area contributed by atoms with Gasteiger partial charge in [0.15, 0.2) is 0 Å². The van der Waals surface area contributed by atoms with Crippen LogP contribution in [0.5, 0.6) is 0 Å². The summed E-state index contributed by atoms with van der Waals surface area (Å²) in [5, 5.41) is 10.8. The minimum Gasteiger partial charge on any atom is -0.396 e. The Balaban J connectivity index is 2.12. The van der Waals surface area contributed by atoms with Gasteiger partial charge in [-0.25, -0.2) is 8.42 Å². The van der Waals surface area contributed by atoms with E-state index in [1.165, 1.54) is 11.3 Å². The van der Waals surface area contributed by atoms with Gasteiger partial charge in [-0.2, -0.15) is 4.31 Å². The Hall–Kier alpha value is -0.430. The van der Waals surface area contributed by atoms with E-state index in [0.717, 1.165) is 31.2 Å². The molecule has 1 aliphatic heterocycles. The number of hydrogen-bond donors (Lipinski definition) is 1. The SMILES string of the molecule is Cc1ccsc1S(=O)(=O)N1CCC[C@H](CCO)CC1. The summed E-state index contributed by atoms with van der Waals surface area (Å²) >= 11 is 1.30. The second-order valence-corrected chi connectivity index (χ2v) is 8.15. The Labute approximate surface area is 119 Å². The lowest BCUT2D eigenvalue weighted by Gasteiger charge is -2.19. The molecule has 1 aromatic heterocycles. The Bertz CT molecular complexity index is 510. The molecule has 1 fully saturated rings. The molecule has 2 rings (SSSR count). The lowest BCUT2D eigenvalue weighted by atomic mass is 9.98. The van der Waals surface area contributed by atoms with Gasteiger partial charge < -0.3 is 5.11 Å². The van der Waals surface area contributed by atoms with E-state index in [2.05, 4.69) is 0 Å². The third-order valence-corrected chi connectivity index (χ3v) is 7.30. The zero-order valence-corrected chi connectivity index (χ0v) is 12.8. The van der Waals surface area contributed by atoms with Crippen LogP contribution in [0.2, 0.25) is 0 Å². The van der Waals surface area contributed by atoms with Gasteiger partial charge in [-0.1, -0.05) is 0 Å². The normalized spacial score (nSPS) is 22.3. The Morgan fingerprint density at radius 2 is 2.21 bits per heavy atom. The zero-order chi connectivity index (χ0) is 13.9. The summed E-state index contributed by atoms with van der Waals surface area (Å²) in [5.74, 6) is 0.453. The lowest BCUT2D eigenvalue weighted by molar-refractivity contribution is 0.248. The molecule has 0 unspecified atom stereocenters. The van der Waals surface area contributed by atoms with E-state index in [1.54, 1.807) is 4.31 Å². The number of sulfonamides is 1. The van der Waals surface area contributed by atoms with Crippen molar-refractivity contribution < 1.29 is 13.5 Å². The van der Waals surface area contributed by atoms with Crippen LogP contribution >= 0.6 is 11.3 Å². The number of thiophene rings is 1. The molecule has 108 valence electrons. The summed E-state index contributed by atoms with van der Waals surface area (Å²) in [7, 11) is -3.32. The maximum Gasteiger partial charge on any atom is 0.252 e. The van der Waals surface area contributed by atoms with Gasteiger partial charge >= 0.3 is 0 Å². The van der Waals surface area contributed by atoms with Crippen molar-refractivity contribution in [3.05, 3.63) is 17.0 Å². The molecule has 0 radical (unpaired) electrons. The fourth-order valence-corrected chi connectivity index (χ4v) is 5.63. The van der Waals surface area contributed by atoms with Gasteiger partial charge in [0.1, 0.15) is 4.21 Å². The second kappa shape index (κ2) is 6.35. The molecule has 1 aliphatic rings. The summed E-state index contributed by atoms with van der Waals surface area (Å²) in [6.07, 6.45) is 3.53. The van der Waals surface area contributed by atoms with Gasteiger partial charge in [0, 0.05) is 19.7 Å². The number of aliphatic hydroxyl groups is 1. The van der Waals surface area contributed by atoms with Crippen LogP contribution in [0.1, 0.15) is 31.2 Å². The first-order valence-electron chi connectivity index (χ1n) is 6.71. The van der Waals surface area contributed by atoms with Crippen LogP contribution in [0.3, 0.4) is 0 Å². The fraction of sp³-hybridized carbons (Fsp3) is 0.692. The van der Waals surface area contributed by atoms with Crippen LogP contribution < -0.4 is 0 Å². The molecular weight excluding hydrogens is 282 g/mol. The summed E-state index contributed by atoms with van der Waals surface area (Å²) in [5.41, 5.74) is 0.834. The highest BCUT2D eigenvalue weighted by atomic mass is 32.2. The molecule has 2 heterocycles. The van der Waals surface area contributed by atoms with Crippen molar-refractivity contribution in [2.75, 3.05) is 19.7 Å². The summed E-state index contributed by atoms with van der Waals surface area (Å²) in [6.45, 7) is 3.21. The quantitative estimate of drug-likeness (QED) is 0.928. The summed E-state index contributed by atoms with van der Waals surface area (Å²) < 4.78 is 27.2. The third kappa shape index (κ3) is 3.37. The first-order valence-corrected chi connectivity index (χ1v) is 9.03. The smallest absolute Gasteiger partial charge is 0.252 e. The monoisotopic (exact) mass is 303 g/mol. The van der Waals surface area contributed by atoms with E-state index in [1.807, 2.05) is 18.4 Å². The number of nitrogens with zero attached hydrogens (tertiary/aromatic N) is 1. The Kier molecular flexibility index (Phi) is 5.00. The lowest BCUT2D eigenvalue weighted by Crippen LogP contribution is -2.32. The van der Waals surface area contributed by atoms with Crippen LogP contribution in [0, 0.1) is 12.8 Å². The molecule has 6 heteroatoms. The van der Waals surface area contributed by atoms with E-state index in [9.17, 15) is 8.42 Å². The van der Waals surface area contributed by atoms with E-state index < -0.39 is 10.0 Å². The molecule has 0 amide bonds. The number of hydrogen-bond acceptors (Lipinski definition) is 4.